The molecule has 7 heteroatoms. The molecule has 1 saturated carbocycles. The molecule has 2 aromatic carbocycles. The molecule has 0 aliphatic heterocycles. The van der Waals surface area contributed by atoms with Gasteiger partial charge in [-0.1, -0.05) is 43.2 Å². The van der Waals surface area contributed by atoms with E-state index in [2.05, 4.69) is 5.32 Å². The minimum Gasteiger partial charge on any atom is -0.379 e. The third-order valence-electron chi connectivity index (χ3n) is 5.44. The van der Waals surface area contributed by atoms with Gasteiger partial charge in [0, 0.05) is 12.1 Å². The molecule has 1 aliphatic rings. The van der Waals surface area contributed by atoms with Crippen LogP contribution in [0.4, 0.5) is 18.9 Å². The molecule has 0 heterocycles. The summed E-state index contributed by atoms with van der Waals surface area (Å²) in [6.45, 7) is 0. The van der Waals surface area contributed by atoms with Crippen LogP contribution in [0.15, 0.2) is 48.5 Å². The van der Waals surface area contributed by atoms with Crippen molar-refractivity contribution in [2.45, 2.75) is 43.9 Å². The molecule has 1 aliphatic carbocycles. The minimum atomic E-state index is -4.72. The largest absolute Gasteiger partial charge is 0.417 e. The van der Waals surface area contributed by atoms with Gasteiger partial charge in [0.15, 0.2) is 0 Å². The fourth-order valence-corrected chi connectivity index (χ4v) is 3.91. The molecule has 1 atom stereocenters. The van der Waals surface area contributed by atoms with Crippen molar-refractivity contribution >= 4 is 11.6 Å². The van der Waals surface area contributed by atoms with Crippen LogP contribution in [0, 0.1) is 17.2 Å². The van der Waals surface area contributed by atoms with E-state index in [4.69, 9.17) is 5.26 Å². The molecular formula is C22H21F3N2O2. The number of nitriles is 1. The number of rotatable bonds is 5. The Kier molecular flexibility index (Phi) is 5.94. The van der Waals surface area contributed by atoms with Crippen molar-refractivity contribution in [3.8, 4) is 6.07 Å². The number of hydrogen-bond acceptors (Lipinski definition) is 3. The van der Waals surface area contributed by atoms with E-state index in [1.165, 1.54) is 12.1 Å². The lowest BCUT2D eigenvalue weighted by Crippen LogP contribution is -2.50. The highest BCUT2D eigenvalue weighted by Crippen LogP contribution is 2.38. The molecule has 0 bridgehead atoms. The Morgan fingerprint density at radius 3 is 2.38 bits per heavy atom. The molecule has 0 aromatic heterocycles. The van der Waals surface area contributed by atoms with E-state index in [-0.39, 0.29) is 18.0 Å². The van der Waals surface area contributed by atoms with Crippen molar-refractivity contribution in [2.24, 2.45) is 5.92 Å². The van der Waals surface area contributed by atoms with Crippen LogP contribution in [0.25, 0.3) is 0 Å². The van der Waals surface area contributed by atoms with Crippen LogP contribution in [-0.4, -0.2) is 16.6 Å². The van der Waals surface area contributed by atoms with Crippen molar-refractivity contribution in [1.82, 2.24) is 0 Å². The highest BCUT2D eigenvalue weighted by Gasteiger charge is 2.45. The molecule has 0 spiro atoms. The number of carbonyl (C=O) groups excluding carboxylic acids is 1. The first-order valence-corrected chi connectivity index (χ1v) is 9.43. The maximum absolute atomic E-state index is 13.2. The summed E-state index contributed by atoms with van der Waals surface area (Å²) in [5.41, 5.74) is -2.71. The average molecular weight is 402 g/mol. The fraction of sp³-hybridized carbons (Fsp3) is 0.364. The number of nitrogens with zero attached hydrogens (tertiary/aromatic N) is 1. The quantitative estimate of drug-likeness (QED) is 0.763. The minimum absolute atomic E-state index is 0.0761. The molecular weight excluding hydrogens is 381 g/mol. The Morgan fingerprint density at radius 1 is 1.14 bits per heavy atom. The monoisotopic (exact) mass is 402 g/mol. The number of carbonyl (C=O) groups is 1. The maximum Gasteiger partial charge on any atom is 0.417 e. The zero-order valence-electron chi connectivity index (χ0n) is 15.7. The average Bonchev–Trinajstić information content (AvgIpc) is 3.23. The number of alkyl halides is 3. The van der Waals surface area contributed by atoms with Crippen LogP contribution in [0.5, 0.6) is 0 Å². The van der Waals surface area contributed by atoms with Gasteiger partial charge in [-0.15, -0.1) is 0 Å². The van der Waals surface area contributed by atoms with Crippen molar-refractivity contribution < 1.29 is 23.1 Å². The Morgan fingerprint density at radius 2 is 1.79 bits per heavy atom. The Hall–Kier alpha value is -2.85. The van der Waals surface area contributed by atoms with Gasteiger partial charge in [-0.05, 0) is 42.5 Å². The Balaban J connectivity index is 1.90. The van der Waals surface area contributed by atoms with Crippen molar-refractivity contribution in [3.63, 3.8) is 0 Å². The van der Waals surface area contributed by atoms with E-state index >= 15 is 0 Å². The molecule has 4 nitrogen and oxygen atoms in total. The van der Waals surface area contributed by atoms with Crippen LogP contribution in [0.1, 0.15) is 42.4 Å². The summed E-state index contributed by atoms with van der Waals surface area (Å²) in [5.74, 6) is -1.01. The van der Waals surface area contributed by atoms with E-state index in [0.29, 0.717) is 12.8 Å². The standard InChI is InChI=1S/C22H21F3N2O2/c23-22(24,25)19-12-18(11-10-16(19)14-26)27-20(28)21(29,17-8-4-5-9-17)13-15-6-2-1-3-7-15/h1-3,6-7,10-12,17,29H,4-5,8-9,13H2,(H,27,28). The van der Waals surface area contributed by atoms with Crippen molar-refractivity contribution in [3.05, 3.63) is 65.2 Å². The van der Waals surface area contributed by atoms with Gasteiger partial charge < -0.3 is 10.4 Å². The fourth-order valence-electron chi connectivity index (χ4n) is 3.91. The predicted octanol–water partition coefficient (Wildman–Crippen LogP) is 4.68. The van der Waals surface area contributed by atoms with Gasteiger partial charge in [0.25, 0.3) is 5.91 Å². The lowest BCUT2D eigenvalue weighted by molar-refractivity contribution is -0.140. The Bertz CT molecular complexity index is 916. The second kappa shape index (κ2) is 8.26. The second-order valence-electron chi connectivity index (χ2n) is 7.39. The van der Waals surface area contributed by atoms with Crippen molar-refractivity contribution in [2.75, 3.05) is 5.32 Å². The molecule has 152 valence electrons. The summed E-state index contributed by atoms with van der Waals surface area (Å²) in [6, 6.07) is 13.5. The number of benzene rings is 2. The SMILES string of the molecule is N#Cc1ccc(NC(=O)C(O)(Cc2ccccc2)C2CCCC2)cc1C(F)(F)F. The molecule has 2 N–H and O–H groups in total. The first kappa shape index (κ1) is 20.9. The van der Waals surface area contributed by atoms with Gasteiger partial charge in [-0.3, -0.25) is 4.79 Å². The van der Waals surface area contributed by atoms with Crippen LogP contribution in [0.3, 0.4) is 0 Å². The lowest BCUT2D eigenvalue weighted by Gasteiger charge is -2.33. The highest BCUT2D eigenvalue weighted by molar-refractivity contribution is 5.97. The van der Waals surface area contributed by atoms with Gasteiger partial charge in [-0.25, -0.2) is 0 Å². The van der Waals surface area contributed by atoms with Gasteiger partial charge in [0.05, 0.1) is 17.2 Å². The third-order valence-corrected chi connectivity index (χ3v) is 5.44. The predicted molar refractivity (Wildman–Crippen MR) is 102 cm³/mol. The second-order valence-corrected chi connectivity index (χ2v) is 7.39. The maximum atomic E-state index is 13.2. The van der Waals surface area contributed by atoms with Crippen LogP contribution in [-0.2, 0) is 17.4 Å². The zero-order chi connectivity index (χ0) is 21.1. The van der Waals surface area contributed by atoms with Gasteiger partial charge >= 0.3 is 6.18 Å². The topological polar surface area (TPSA) is 73.1 Å². The summed E-state index contributed by atoms with van der Waals surface area (Å²) in [7, 11) is 0. The van der Waals surface area contributed by atoms with Gasteiger partial charge in [0.1, 0.15) is 5.60 Å². The first-order valence-electron chi connectivity index (χ1n) is 9.43. The molecule has 2 aromatic rings. The summed E-state index contributed by atoms with van der Waals surface area (Å²) in [5, 5.41) is 22.7. The van der Waals surface area contributed by atoms with E-state index in [1.807, 2.05) is 6.07 Å². The Labute approximate surface area is 167 Å². The summed E-state index contributed by atoms with van der Waals surface area (Å²) in [4.78, 5) is 13.0. The highest BCUT2D eigenvalue weighted by atomic mass is 19.4. The van der Waals surface area contributed by atoms with E-state index in [0.717, 1.165) is 30.5 Å². The number of nitrogens with one attached hydrogen (secondary N) is 1. The smallest absolute Gasteiger partial charge is 0.379 e. The van der Waals surface area contributed by atoms with E-state index in [9.17, 15) is 23.1 Å². The zero-order valence-corrected chi connectivity index (χ0v) is 15.7. The van der Waals surface area contributed by atoms with Crippen LogP contribution >= 0.6 is 0 Å². The van der Waals surface area contributed by atoms with E-state index < -0.39 is 28.8 Å². The molecule has 1 fully saturated rings. The molecule has 3 rings (SSSR count). The van der Waals surface area contributed by atoms with Crippen molar-refractivity contribution in [1.29, 1.82) is 5.26 Å². The lowest BCUT2D eigenvalue weighted by atomic mass is 9.80. The molecule has 1 amide bonds. The molecule has 1 unspecified atom stereocenters. The summed E-state index contributed by atoms with van der Waals surface area (Å²) < 4.78 is 39.6. The number of halogens is 3. The van der Waals surface area contributed by atoms with Gasteiger partial charge in [0.2, 0.25) is 0 Å². The number of aliphatic hydroxyl groups is 1. The van der Waals surface area contributed by atoms with Gasteiger partial charge in [-0.2, -0.15) is 18.4 Å². The van der Waals surface area contributed by atoms with Crippen LogP contribution < -0.4 is 5.32 Å². The molecule has 29 heavy (non-hydrogen) atoms. The first-order chi connectivity index (χ1) is 13.7. The summed E-state index contributed by atoms with van der Waals surface area (Å²) >= 11 is 0. The van der Waals surface area contributed by atoms with E-state index in [1.54, 1.807) is 24.3 Å². The summed E-state index contributed by atoms with van der Waals surface area (Å²) in [6.07, 6.45) is -1.51. The number of anilines is 1. The third kappa shape index (κ3) is 4.60. The molecule has 0 radical (unpaired) electrons. The normalized spacial score (nSPS) is 16.8. The van der Waals surface area contributed by atoms with Crippen LogP contribution in [0.2, 0.25) is 0 Å². The number of amides is 1. The number of hydrogen-bond donors (Lipinski definition) is 2. The molecule has 0 saturated heterocycles.